The number of rotatable bonds is 2. The lowest BCUT2D eigenvalue weighted by molar-refractivity contribution is 0.0686. The molecule has 0 radical (unpaired) electrons. The molecule has 86 valence electrons. The van der Waals surface area contributed by atoms with Crippen molar-refractivity contribution in [2.45, 2.75) is 26.8 Å². The van der Waals surface area contributed by atoms with E-state index in [2.05, 4.69) is 21.8 Å². The van der Waals surface area contributed by atoms with Gasteiger partial charge in [-0.25, -0.2) is 14.8 Å². The predicted octanol–water partition coefficient (Wildman–Crippen LogP) is 0.861. The molecule has 0 atom stereocenters. The summed E-state index contributed by atoms with van der Waals surface area (Å²) >= 11 is 0. The first-order chi connectivity index (χ1) is 7.61. The molecule has 1 aromatic heterocycles. The quantitative estimate of drug-likeness (QED) is 0.802. The van der Waals surface area contributed by atoms with E-state index < -0.39 is 5.97 Å². The van der Waals surface area contributed by atoms with Gasteiger partial charge in [-0.2, -0.15) is 0 Å². The molecule has 1 aliphatic heterocycles. The Bertz CT molecular complexity index is 431. The predicted molar refractivity (Wildman–Crippen MR) is 58.4 cm³/mol. The Balaban J connectivity index is 2.47. The van der Waals surface area contributed by atoms with Crippen LogP contribution in [0.4, 0.5) is 0 Å². The summed E-state index contributed by atoms with van der Waals surface area (Å²) in [6.45, 7) is 6.32. The molecule has 0 bridgehead atoms. The Morgan fingerprint density at radius 3 is 2.88 bits per heavy atom. The molecule has 2 rings (SSSR count). The molecule has 0 aliphatic carbocycles. The van der Waals surface area contributed by atoms with E-state index in [-0.39, 0.29) is 5.69 Å². The molecule has 0 spiro atoms. The van der Waals surface area contributed by atoms with Gasteiger partial charge in [-0.1, -0.05) is 6.92 Å². The lowest BCUT2D eigenvalue weighted by Crippen LogP contribution is -2.33. The summed E-state index contributed by atoms with van der Waals surface area (Å²) in [4.78, 5) is 21.7. The molecule has 5 nitrogen and oxygen atoms in total. The number of aromatic nitrogens is 2. The highest BCUT2D eigenvalue weighted by Crippen LogP contribution is 2.20. The number of hydrogen-bond donors (Lipinski definition) is 1. The number of carboxylic acids is 1. The van der Waals surface area contributed by atoms with E-state index in [1.54, 1.807) is 6.92 Å². The summed E-state index contributed by atoms with van der Waals surface area (Å²) in [5.74, 6) is -0.416. The van der Waals surface area contributed by atoms with Crippen LogP contribution in [0.5, 0.6) is 0 Å². The maximum Gasteiger partial charge on any atom is 0.354 e. The van der Waals surface area contributed by atoms with Crippen LogP contribution in [0.3, 0.4) is 0 Å². The van der Waals surface area contributed by atoms with Gasteiger partial charge < -0.3 is 5.11 Å². The highest BCUT2D eigenvalue weighted by Gasteiger charge is 2.23. The first-order valence-electron chi connectivity index (χ1n) is 5.44. The average Bonchev–Trinajstić information content (AvgIpc) is 2.27. The minimum Gasteiger partial charge on any atom is -0.476 e. The topological polar surface area (TPSA) is 66.3 Å². The molecule has 0 amide bonds. The minimum atomic E-state index is -0.959. The van der Waals surface area contributed by atoms with E-state index in [1.165, 1.54) is 0 Å². The van der Waals surface area contributed by atoms with Crippen molar-refractivity contribution >= 4 is 5.97 Å². The fourth-order valence-electron chi connectivity index (χ4n) is 2.04. The lowest BCUT2D eigenvalue weighted by atomic mass is 10.0. The van der Waals surface area contributed by atoms with Crippen LogP contribution < -0.4 is 0 Å². The summed E-state index contributed by atoms with van der Waals surface area (Å²) < 4.78 is 0. The molecule has 1 N–H and O–H groups in total. The van der Waals surface area contributed by atoms with Gasteiger partial charge in [0.2, 0.25) is 0 Å². The van der Waals surface area contributed by atoms with Crippen molar-refractivity contribution in [2.24, 2.45) is 0 Å². The average molecular weight is 221 g/mol. The fourth-order valence-corrected chi connectivity index (χ4v) is 2.04. The molecule has 0 unspecified atom stereocenters. The zero-order valence-electron chi connectivity index (χ0n) is 9.53. The summed E-state index contributed by atoms with van der Waals surface area (Å²) in [6.07, 6.45) is 0.812. The number of aryl methyl sites for hydroxylation is 1. The van der Waals surface area contributed by atoms with Crippen LogP contribution in [0.2, 0.25) is 0 Å². The maximum atomic E-state index is 11.1. The van der Waals surface area contributed by atoms with Crippen LogP contribution in [0.1, 0.15) is 34.5 Å². The van der Waals surface area contributed by atoms with E-state index in [0.717, 1.165) is 30.8 Å². The van der Waals surface area contributed by atoms with Gasteiger partial charge in [-0.3, -0.25) is 4.90 Å². The number of carboxylic acid groups (broad SMARTS) is 1. The monoisotopic (exact) mass is 221 g/mol. The van der Waals surface area contributed by atoms with Gasteiger partial charge in [0.05, 0.1) is 5.69 Å². The van der Waals surface area contributed by atoms with Crippen molar-refractivity contribution in [3.63, 3.8) is 0 Å². The number of fused-ring (bicyclic) bond motifs is 1. The maximum absolute atomic E-state index is 11.1. The second-order valence-electron chi connectivity index (χ2n) is 3.97. The molecule has 1 aromatic rings. The smallest absolute Gasteiger partial charge is 0.354 e. The van der Waals surface area contributed by atoms with Crippen molar-refractivity contribution in [1.29, 1.82) is 0 Å². The van der Waals surface area contributed by atoms with Crippen molar-refractivity contribution in [2.75, 3.05) is 13.1 Å². The Labute approximate surface area is 94.1 Å². The summed E-state index contributed by atoms with van der Waals surface area (Å²) in [5, 5.41) is 9.12. The molecule has 0 saturated carbocycles. The third kappa shape index (κ3) is 1.90. The van der Waals surface area contributed by atoms with Gasteiger partial charge in [0.15, 0.2) is 5.69 Å². The highest BCUT2D eigenvalue weighted by atomic mass is 16.4. The van der Waals surface area contributed by atoms with E-state index >= 15 is 0 Å². The van der Waals surface area contributed by atoms with E-state index in [4.69, 9.17) is 5.11 Å². The summed E-state index contributed by atoms with van der Waals surface area (Å²) in [5.41, 5.74) is 1.85. The molecular formula is C11H15N3O2. The van der Waals surface area contributed by atoms with Gasteiger partial charge in [-0.05, 0) is 13.5 Å². The zero-order valence-corrected chi connectivity index (χ0v) is 9.53. The van der Waals surface area contributed by atoms with Gasteiger partial charge in [0.25, 0.3) is 0 Å². The van der Waals surface area contributed by atoms with E-state index in [0.29, 0.717) is 12.4 Å². The third-order valence-corrected chi connectivity index (χ3v) is 2.90. The van der Waals surface area contributed by atoms with Crippen molar-refractivity contribution < 1.29 is 9.90 Å². The van der Waals surface area contributed by atoms with Crippen molar-refractivity contribution in [1.82, 2.24) is 14.9 Å². The molecule has 0 fully saturated rings. The fraction of sp³-hybridized carbons (Fsp3) is 0.545. The Morgan fingerprint density at radius 2 is 2.25 bits per heavy atom. The number of aromatic carboxylic acids is 1. The Morgan fingerprint density at radius 1 is 1.50 bits per heavy atom. The minimum absolute atomic E-state index is 0.167. The van der Waals surface area contributed by atoms with Crippen LogP contribution in [0.25, 0.3) is 0 Å². The molecule has 0 aromatic carbocycles. The van der Waals surface area contributed by atoms with Gasteiger partial charge in [-0.15, -0.1) is 0 Å². The highest BCUT2D eigenvalue weighted by molar-refractivity contribution is 5.87. The largest absolute Gasteiger partial charge is 0.476 e. The number of likely N-dealkylation sites (N-methyl/N-ethyl adjacent to an activating group) is 1. The SMILES string of the molecule is CCN1CCc2nc(C)nc(C(=O)O)c2C1. The first kappa shape index (κ1) is 11.0. The van der Waals surface area contributed by atoms with Crippen LogP contribution in [0.15, 0.2) is 0 Å². The van der Waals surface area contributed by atoms with Crippen LogP contribution in [-0.2, 0) is 13.0 Å². The van der Waals surface area contributed by atoms with Crippen molar-refractivity contribution in [3.8, 4) is 0 Å². The third-order valence-electron chi connectivity index (χ3n) is 2.90. The van der Waals surface area contributed by atoms with Gasteiger partial charge in [0, 0.05) is 25.1 Å². The number of hydrogen-bond acceptors (Lipinski definition) is 4. The Hall–Kier alpha value is -1.49. The molecule has 16 heavy (non-hydrogen) atoms. The normalized spacial score (nSPS) is 15.9. The van der Waals surface area contributed by atoms with Crippen LogP contribution in [-0.4, -0.2) is 39.0 Å². The van der Waals surface area contributed by atoms with Gasteiger partial charge >= 0.3 is 5.97 Å². The molecule has 2 heterocycles. The van der Waals surface area contributed by atoms with Crippen molar-refractivity contribution in [3.05, 3.63) is 22.8 Å². The second kappa shape index (κ2) is 4.17. The lowest BCUT2D eigenvalue weighted by Gasteiger charge is -2.27. The molecule has 5 heteroatoms. The second-order valence-corrected chi connectivity index (χ2v) is 3.97. The molecular weight excluding hydrogens is 206 g/mol. The van der Waals surface area contributed by atoms with E-state index in [1.807, 2.05) is 0 Å². The van der Waals surface area contributed by atoms with Crippen LogP contribution in [0, 0.1) is 6.92 Å². The standard InChI is InChI=1S/C11H15N3O2/c1-3-14-5-4-9-8(6-14)10(11(15)16)13-7(2)12-9/h3-6H2,1-2H3,(H,15,16). The zero-order chi connectivity index (χ0) is 11.7. The van der Waals surface area contributed by atoms with Crippen LogP contribution >= 0.6 is 0 Å². The molecule has 0 saturated heterocycles. The van der Waals surface area contributed by atoms with Gasteiger partial charge in [0.1, 0.15) is 5.82 Å². The summed E-state index contributed by atoms with van der Waals surface area (Å²) in [7, 11) is 0. The number of nitrogens with zero attached hydrogens (tertiary/aromatic N) is 3. The number of carbonyl (C=O) groups is 1. The van der Waals surface area contributed by atoms with E-state index in [9.17, 15) is 4.79 Å². The summed E-state index contributed by atoms with van der Waals surface area (Å²) in [6, 6.07) is 0. The first-order valence-corrected chi connectivity index (χ1v) is 5.44. The Kier molecular flexibility index (Phi) is 2.87. The molecule has 1 aliphatic rings.